The van der Waals surface area contributed by atoms with Crippen LogP contribution in [0.1, 0.15) is 23.8 Å². The van der Waals surface area contributed by atoms with Gasteiger partial charge in [0.15, 0.2) is 5.82 Å². The van der Waals surface area contributed by atoms with Crippen molar-refractivity contribution in [1.29, 1.82) is 0 Å². The SMILES string of the molecule is CCc1oc(-c2ccnc(OC)c2)nc1N(Cc1ccc(OC)cc1)Cc1ccc(OC)cc1. The lowest BCUT2D eigenvalue weighted by atomic mass is 10.1. The number of aryl methyl sites for hydroxylation is 1. The summed E-state index contributed by atoms with van der Waals surface area (Å²) in [4.78, 5) is 11.3. The summed E-state index contributed by atoms with van der Waals surface area (Å²) in [5.41, 5.74) is 3.11. The highest BCUT2D eigenvalue weighted by atomic mass is 16.5. The number of rotatable bonds is 10. The van der Waals surface area contributed by atoms with Crippen molar-refractivity contribution in [2.24, 2.45) is 0 Å². The first-order chi connectivity index (χ1) is 16.6. The monoisotopic (exact) mass is 459 g/mol. The second-order valence-electron chi connectivity index (χ2n) is 7.76. The quantitative estimate of drug-likeness (QED) is 0.309. The van der Waals surface area contributed by atoms with Gasteiger partial charge in [-0.15, -0.1) is 0 Å². The van der Waals surface area contributed by atoms with Crippen LogP contribution in [0.3, 0.4) is 0 Å². The Hall–Kier alpha value is -4.00. The number of anilines is 1. The molecule has 2 heterocycles. The number of methoxy groups -OCH3 is 3. The first-order valence-electron chi connectivity index (χ1n) is 11.1. The lowest BCUT2D eigenvalue weighted by Gasteiger charge is -2.23. The Morgan fingerprint density at radius 1 is 0.794 bits per heavy atom. The molecule has 7 nitrogen and oxygen atoms in total. The fourth-order valence-corrected chi connectivity index (χ4v) is 3.71. The number of oxazole rings is 1. The van der Waals surface area contributed by atoms with Crippen molar-refractivity contribution in [3.05, 3.63) is 83.7 Å². The molecule has 0 spiro atoms. The highest BCUT2D eigenvalue weighted by Crippen LogP contribution is 2.31. The maximum Gasteiger partial charge on any atom is 0.228 e. The molecule has 7 heteroatoms. The molecular weight excluding hydrogens is 430 g/mol. The summed E-state index contributed by atoms with van der Waals surface area (Å²) in [7, 11) is 4.93. The number of aromatic nitrogens is 2. The number of ether oxygens (including phenoxy) is 3. The minimum atomic E-state index is 0.517. The minimum absolute atomic E-state index is 0.517. The van der Waals surface area contributed by atoms with E-state index in [9.17, 15) is 0 Å². The number of nitrogens with zero attached hydrogens (tertiary/aromatic N) is 3. The van der Waals surface area contributed by atoms with Crippen LogP contribution in [0.4, 0.5) is 5.82 Å². The van der Waals surface area contributed by atoms with E-state index in [1.165, 1.54) is 0 Å². The molecule has 0 atom stereocenters. The summed E-state index contributed by atoms with van der Waals surface area (Å²) in [5.74, 6) is 4.36. The van der Waals surface area contributed by atoms with Crippen LogP contribution in [-0.2, 0) is 19.5 Å². The first-order valence-corrected chi connectivity index (χ1v) is 11.1. The van der Waals surface area contributed by atoms with Gasteiger partial charge in [-0.05, 0) is 41.5 Å². The van der Waals surface area contributed by atoms with Gasteiger partial charge >= 0.3 is 0 Å². The summed E-state index contributed by atoms with van der Waals surface area (Å²) in [5, 5.41) is 0. The van der Waals surface area contributed by atoms with Crippen LogP contribution >= 0.6 is 0 Å². The second kappa shape index (κ2) is 10.7. The molecule has 0 fully saturated rings. The van der Waals surface area contributed by atoms with Crippen LogP contribution in [0.2, 0.25) is 0 Å². The van der Waals surface area contributed by atoms with Crippen LogP contribution < -0.4 is 19.1 Å². The van der Waals surface area contributed by atoms with Crippen molar-refractivity contribution in [2.75, 3.05) is 26.2 Å². The normalized spacial score (nSPS) is 10.7. The summed E-state index contributed by atoms with van der Waals surface area (Å²) in [6.45, 7) is 3.39. The molecule has 0 aliphatic carbocycles. The Labute approximate surface area is 199 Å². The molecule has 0 radical (unpaired) electrons. The fraction of sp³-hybridized carbons (Fsp3) is 0.259. The van der Waals surface area contributed by atoms with E-state index in [2.05, 4.69) is 41.1 Å². The Balaban J connectivity index is 1.70. The molecule has 176 valence electrons. The molecule has 4 rings (SSSR count). The average Bonchev–Trinajstić information content (AvgIpc) is 3.34. The predicted molar refractivity (Wildman–Crippen MR) is 132 cm³/mol. The molecule has 2 aromatic carbocycles. The molecule has 0 N–H and O–H groups in total. The van der Waals surface area contributed by atoms with Crippen molar-refractivity contribution in [1.82, 2.24) is 9.97 Å². The van der Waals surface area contributed by atoms with Crippen LogP contribution in [0.25, 0.3) is 11.5 Å². The Morgan fingerprint density at radius 2 is 1.38 bits per heavy atom. The topological polar surface area (TPSA) is 69.9 Å². The van der Waals surface area contributed by atoms with E-state index in [0.717, 1.165) is 39.8 Å². The smallest absolute Gasteiger partial charge is 0.228 e. The van der Waals surface area contributed by atoms with Crippen molar-refractivity contribution in [2.45, 2.75) is 26.4 Å². The Morgan fingerprint density at radius 3 is 1.88 bits per heavy atom. The molecule has 2 aromatic heterocycles. The van der Waals surface area contributed by atoms with E-state index in [1.54, 1.807) is 27.5 Å². The van der Waals surface area contributed by atoms with E-state index in [4.69, 9.17) is 23.6 Å². The van der Waals surface area contributed by atoms with Crippen LogP contribution in [0, 0.1) is 0 Å². The summed E-state index contributed by atoms with van der Waals surface area (Å²) in [6.07, 6.45) is 2.41. The van der Waals surface area contributed by atoms with Crippen molar-refractivity contribution >= 4 is 5.82 Å². The van der Waals surface area contributed by atoms with Gasteiger partial charge in [0.05, 0.1) is 21.3 Å². The zero-order valence-corrected chi connectivity index (χ0v) is 19.9. The molecule has 34 heavy (non-hydrogen) atoms. The van der Waals surface area contributed by atoms with E-state index < -0.39 is 0 Å². The zero-order chi connectivity index (χ0) is 23.9. The van der Waals surface area contributed by atoms with Gasteiger partial charge < -0.3 is 23.5 Å². The van der Waals surface area contributed by atoms with Gasteiger partial charge in [0.1, 0.15) is 17.3 Å². The highest BCUT2D eigenvalue weighted by Gasteiger charge is 2.21. The third kappa shape index (κ3) is 5.31. The number of benzene rings is 2. The lowest BCUT2D eigenvalue weighted by Crippen LogP contribution is -2.23. The second-order valence-corrected chi connectivity index (χ2v) is 7.76. The number of pyridine rings is 1. The Kier molecular flexibility index (Phi) is 7.32. The van der Waals surface area contributed by atoms with Gasteiger partial charge in [-0.1, -0.05) is 31.2 Å². The van der Waals surface area contributed by atoms with Gasteiger partial charge in [0.25, 0.3) is 0 Å². The van der Waals surface area contributed by atoms with Crippen molar-refractivity contribution < 1.29 is 18.6 Å². The molecule has 0 saturated carbocycles. The van der Waals surface area contributed by atoms with E-state index in [1.807, 2.05) is 36.4 Å². The molecule has 0 unspecified atom stereocenters. The van der Waals surface area contributed by atoms with Gasteiger partial charge in [-0.3, -0.25) is 0 Å². The molecule has 4 aromatic rings. The van der Waals surface area contributed by atoms with Crippen LogP contribution in [0.15, 0.2) is 71.3 Å². The maximum atomic E-state index is 6.20. The third-order valence-electron chi connectivity index (χ3n) is 5.55. The fourth-order valence-electron chi connectivity index (χ4n) is 3.71. The van der Waals surface area contributed by atoms with Gasteiger partial charge in [0.2, 0.25) is 11.8 Å². The lowest BCUT2D eigenvalue weighted by molar-refractivity contribution is 0.398. The van der Waals surface area contributed by atoms with Crippen LogP contribution in [-0.4, -0.2) is 31.3 Å². The molecule has 0 saturated heterocycles. The standard InChI is InChI=1S/C27H29N3O4/c1-5-24-26(29-27(34-24)21-14-15-28-25(16-21)33-4)30(17-19-6-10-22(31-2)11-7-19)18-20-8-12-23(32-3)13-9-20/h6-16H,5,17-18H2,1-4H3. The van der Waals surface area contributed by atoms with Crippen LogP contribution in [0.5, 0.6) is 17.4 Å². The summed E-state index contributed by atoms with van der Waals surface area (Å²) in [6, 6.07) is 19.9. The molecule has 0 bridgehead atoms. The first kappa shape index (κ1) is 23.2. The Bertz CT molecular complexity index is 1150. The summed E-state index contributed by atoms with van der Waals surface area (Å²) >= 11 is 0. The minimum Gasteiger partial charge on any atom is -0.497 e. The molecule has 0 amide bonds. The number of hydrogen-bond donors (Lipinski definition) is 0. The summed E-state index contributed by atoms with van der Waals surface area (Å²) < 4.78 is 22.1. The molecular formula is C27H29N3O4. The van der Waals surface area contributed by atoms with E-state index in [-0.39, 0.29) is 0 Å². The predicted octanol–water partition coefficient (Wildman–Crippen LogP) is 5.53. The maximum absolute atomic E-state index is 6.20. The van der Waals surface area contributed by atoms with Crippen molar-refractivity contribution in [3.8, 4) is 28.8 Å². The average molecular weight is 460 g/mol. The number of hydrogen-bond acceptors (Lipinski definition) is 7. The van der Waals surface area contributed by atoms with Crippen molar-refractivity contribution in [3.63, 3.8) is 0 Å². The van der Waals surface area contributed by atoms with Gasteiger partial charge in [-0.25, -0.2) is 4.98 Å². The van der Waals surface area contributed by atoms with Gasteiger partial charge in [-0.2, -0.15) is 4.98 Å². The zero-order valence-electron chi connectivity index (χ0n) is 19.9. The third-order valence-corrected chi connectivity index (χ3v) is 5.55. The molecule has 0 aliphatic heterocycles. The van der Waals surface area contributed by atoms with Gasteiger partial charge in [0, 0.05) is 37.3 Å². The largest absolute Gasteiger partial charge is 0.497 e. The highest BCUT2D eigenvalue weighted by molar-refractivity contribution is 5.59. The molecule has 0 aliphatic rings. The van der Waals surface area contributed by atoms with E-state index >= 15 is 0 Å². The van der Waals surface area contributed by atoms with E-state index in [0.29, 0.717) is 31.3 Å².